The van der Waals surface area contributed by atoms with E-state index in [-0.39, 0.29) is 5.60 Å². The van der Waals surface area contributed by atoms with E-state index < -0.39 is 0 Å². The van der Waals surface area contributed by atoms with Gasteiger partial charge in [0.15, 0.2) is 0 Å². The number of rotatable bonds is 3. The molecular formula is C16H31NO. The van der Waals surface area contributed by atoms with Crippen molar-refractivity contribution in [3.8, 4) is 0 Å². The Labute approximate surface area is 113 Å². The highest BCUT2D eigenvalue weighted by molar-refractivity contribution is 4.93. The Morgan fingerprint density at radius 2 is 1.94 bits per heavy atom. The smallest absolute Gasteiger partial charge is 0.0697 e. The summed E-state index contributed by atoms with van der Waals surface area (Å²) >= 11 is 0. The van der Waals surface area contributed by atoms with E-state index >= 15 is 0 Å². The van der Waals surface area contributed by atoms with Crippen LogP contribution in [0.3, 0.4) is 0 Å². The van der Waals surface area contributed by atoms with Crippen LogP contribution in [0.2, 0.25) is 0 Å². The normalized spacial score (nSPS) is 29.7. The Hall–Kier alpha value is -0.0800. The molecule has 1 saturated carbocycles. The van der Waals surface area contributed by atoms with Gasteiger partial charge in [-0.3, -0.25) is 0 Å². The van der Waals surface area contributed by atoms with Gasteiger partial charge in [0.2, 0.25) is 0 Å². The first-order valence-electron chi connectivity index (χ1n) is 7.79. The van der Waals surface area contributed by atoms with Gasteiger partial charge in [0, 0.05) is 12.6 Å². The third-order valence-corrected chi connectivity index (χ3v) is 5.20. The highest BCUT2D eigenvalue weighted by atomic mass is 16.5. The summed E-state index contributed by atoms with van der Waals surface area (Å²) in [6.45, 7) is 11.5. The van der Waals surface area contributed by atoms with Gasteiger partial charge in [0.05, 0.1) is 5.60 Å². The van der Waals surface area contributed by atoms with Crippen molar-refractivity contribution in [1.82, 2.24) is 5.32 Å². The molecule has 1 N–H and O–H groups in total. The second-order valence-corrected chi connectivity index (χ2v) is 7.60. The maximum Gasteiger partial charge on any atom is 0.0697 e. The Kier molecular flexibility index (Phi) is 4.38. The highest BCUT2D eigenvalue weighted by Gasteiger charge is 2.39. The van der Waals surface area contributed by atoms with Crippen molar-refractivity contribution in [2.45, 2.75) is 77.9 Å². The van der Waals surface area contributed by atoms with Crippen LogP contribution >= 0.6 is 0 Å². The third kappa shape index (κ3) is 3.48. The molecule has 2 unspecified atom stereocenters. The van der Waals surface area contributed by atoms with Crippen LogP contribution in [0.4, 0.5) is 0 Å². The van der Waals surface area contributed by atoms with E-state index in [0.717, 1.165) is 19.1 Å². The monoisotopic (exact) mass is 253 g/mol. The molecule has 0 aromatic carbocycles. The lowest BCUT2D eigenvalue weighted by Gasteiger charge is -2.39. The molecule has 18 heavy (non-hydrogen) atoms. The molecular weight excluding hydrogens is 222 g/mol. The molecule has 1 aliphatic carbocycles. The minimum absolute atomic E-state index is 0.251. The summed E-state index contributed by atoms with van der Waals surface area (Å²) in [6, 6.07) is 0.682. The van der Waals surface area contributed by atoms with Gasteiger partial charge in [0.1, 0.15) is 0 Å². The molecule has 0 radical (unpaired) electrons. The lowest BCUT2D eigenvalue weighted by atomic mass is 9.81. The van der Waals surface area contributed by atoms with E-state index in [2.05, 4.69) is 33.0 Å². The topological polar surface area (TPSA) is 21.3 Å². The van der Waals surface area contributed by atoms with Crippen molar-refractivity contribution >= 4 is 0 Å². The second kappa shape index (κ2) is 5.50. The standard InChI is InChI=1S/C16H31NO/c1-13(15(2,3)4)12-17-14-7-10-18-16(11-14)8-5-6-9-16/h13-14,17H,5-12H2,1-4H3. The first-order valence-corrected chi connectivity index (χ1v) is 7.79. The molecule has 1 aliphatic heterocycles. The molecule has 2 rings (SSSR count). The van der Waals surface area contributed by atoms with Gasteiger partial charge in [-0.15, -0.1) is 0 Å². The van der Waals surface area contributed by atoms with Crippen LogP contribution in [0.15, 0.2) is 0 Å². The summed E-state index contributed by atoms with van der Waals surface area (Å²) in [5.74, 6) is 0.722. The van der Waals surface area contributed by atoms with Gasteiger partial charge in [-0.1, -0.05) is 40.5 Å². The Bertz CT molecular complexity index is 263. The Morgan fingerprint density at radius 1 is 1.28 bits per heavy atom. The zero-order valence-corrected chi connectivity index (χ0v) is 12.7. The third-order valence-electron chi connectivity index (χ3n) is 5.20. The fourth-order valence-corrected chi connectivity index (χ4v) is 3.22. The van der Waals surface area contributed by atoms with Gasteiger partial charge < -0.3 is 10.1 Å². The average Bonchev–Trinajstić information content (AvgIpc) is 2.73. The van der Waals surface area contributed by atoms with Crippen LogP contribution in [0.1, 0.15) is 66.2 Å². The van der Waals surface area contributed by atoms with Crippen LogP contribution in [-0.4, -0.2) is 24.8 Å². The van der Waals surface area contributed by atoms with E-state index in [1.165, 1.54) is 38.5 Å². The number of hydrogen-bond donors (Lipinski definition) is 1. The van der Waals surface area contributed by atoms with Gasteiger partial charge in [-0.05, 0) is 43.6 Å². The Morgan fingerprint density at radius 3 is 2.56 bits per heavy atom. The van der Waals surface area contributed by atoms with Crippen LogP contribution in [0, 0.1) is 11.3 Å². The van der Waals surface area contributed by atoms with Gasteiger partial charge >= 0.3 is 0 Å². The molecule has 0 aromatic rings. The van der Waals surface area contributed by atoms with Crippen LogP contribution < -0.4 is 5.32 Å². The molecule has 2 aliphatic rings. The minimum atomic E-state index is 0.251. The van der Waals surface area contributed by atoms with Crippen molar-refractivity contribution in [3.63, 3.8) is 0 Å². The summed E-state index contributed by atoms with van der Waals surface area (Å²) in [4.78, 5) is 0. The molecule has 1 heterocycles. The van der Waals surface area contributed by atoms with E-state index in [4.69, 9.17) is 4.74 Å². The maximum atomic E-state index is 6.09. The first kappa shape index (κ1) is 14.3. The van der Waals surface area contributed by atoms with Crippen molar-refractivity contribution < 1.29 is 4.74 Å². The lowest BCUT2D eigenvalue weighted by Crippen LogP contribution is -2.47. The van der Waals surface area contributed by atoms with E-state index in [1.807, 2.05) is 0 Å². The molecule has 106 valence electrons. The number of ether oxygens (including phenoxy) is 1. The van der Waals surface area contributed by atoms with E-state index in [1.54, 1.807) is 0 Å². The molecule has 2 heteroatoms. The second-order valence-electron chi connectivity index (χ2n) is 7.60. The molecule has 0 amide bonds. The average molecular weight is 253 g/mol. The lowest BCUT2D eigenvalue weighted by molar-refractivity contribution is -0.0841. The zero-order valence-electron chi connectivity index (χ0n) is 12.7. The van der Waals surface area contributed by atoms with Gasteiger partial charge in [-0.2, -0.15) is 0 Å². The maximum absolute atomic E-state index is 6.09. The SMILES string of the molecule is CC(CNC1CCOC2(CCCC2)C1)C(C)(C)C. The summed E-state index contributed by atoms with van der Waals surface area (Å²) in [5.41, 5.74) is 0.657. The quantitative estimate of drug-likeness (QED) is 0.827. The van der Waals surface area contributed by atoms with Crippen molar-refractivity contribution in [2.24, 2.45) is 11.3 Å². The molecule has 2 atom stereocenters. The summed E-state index contributed by atoms with van der Waals surface area (Å²) in [7, 11) is 0. The minimum Gasteiger partial charge on any atom is -0.375 e. The highest BCUT2D eigenvalue weighted by Crippen LogP contribution is 2.40. The van der Waals surface area contributed by atoms with Crippen molar-refractivity contribution in [2.75, 3.05) is 13.2 Å². The van der Waals surface area contributed by atoms with Crippen LogP contribution in [0.5, 0.6) is 0 Å². The van der Waals surface area contributed by atoms with E-state index in [0.29, 0.717) is 11.5 Å². The molecule has 1 saturated heterocycles. The molecule has 0 aromatic heterocycles. The molecule has 1 spiro atoms. The number of nitrogens with one attached hydrogen (secondary N) is 1. The van der Waals surface area contributed by atoms with Gasteiger partial charge in [-0.25, -0.2) is 0 Å². The van der Waals surface area contributed by atoms with Crippen LogP contribution in [-0.2, 0) is 4.74 Å². The van der Waals surface area contributed by atoms with E-state index in [9.17, 15) is 0 Å². The largest absolute Gasteiger partial charge is 0.375 e. The zero-order chi connectivity index (χ0) is 13.2. The fraction of sp³-hybridized carbons (Fsp3) is 1.00. The fourth-order valence-electron chi connectivity index (χ4n) is 3.22. The summed E-state index contributed by atoms with van der Waals surface area (Å²) in [5, 5.41) is 3.80. The summed E-state index contributed by atoms with van der Waals surface area (Å²) in [6.07, 6.45) is 7.75. The molecule has 2 fully saturated rings. The van der Waals surface area contributed by atoms with Crippen LogP contribution in [0.25, 0.3) is 0 Å². The first-order chi connectivity index (χ1) is 8.41. The predicted octanol–water partition coefficient (Wildman–Crippen LogP) is 3.75. The Balaban J connectivity index is 1.79. The molecule has 0 bridgehead atoms. The van der Waals surface area contributed by atoms with Gasteiger partial charge in [0.25, 0.3) is 0 Å². The van der Waals surface area contributed by atoms with Crippen molar-refractivity contribution in [1.29, 1.82) is 0 Å². The number of hydrogen-bond acceptors (Lipinski definition) is 2. The predicted molar refractivity (Wildman–Crippen MR) is 76.8 cm³/mol. The van der Waals surface area contributed by atoms with Crippen molar-refractivity contribution in [3.05, 3.63) is 0 Å². The summed E-state index contributed by atoms with van der Waals surface area (Å²) < 4.78 is 6.09. The molecule has 2 nitrogen and oxygen atoms in total.